The summed E-state index contributed by atoms with van der Waals surface area (Å²) in [6.45, 7) is 11.9. The smallest absolute Gasteiger partial charge is 0.493 e. The topological polar surface area (TPSA) is 57.2 Å². The van der Waals surface area contributed by atoms with Crippen LogP contribution < -0.4 is 9.47 Å². The fourth-order valence-electron chi connectivity index (χ4n) is 4.78. The summed E-state index contributed by atoms with van der Waals surface area (Å²) in [5.74, 6) is 2.35. The first kappa shape index (κ1) is 22.7. The van der Waals surface area contributed by atoms with Gasteiger partial charge in [-0.15, -0.1) is 0 Å². The third-order valence-corrected chi connectivity index (χ3v) is 5.98. The number of nitrogens with zero attached hydrogens (tertiary/aromatic N) is 1. The average Bonchev–Trinajstić information content (AvgIpc) is 2.65. The molecule has 1 saturated heterocycles. The average molecular weight is 420 g/mol. The number of benzene rings is 1. The largest absolute Gasteiger partial charge is 0.509 e. The van der Waals surface area contributed by atoms with Crippen molar-refractivity contribution < 1.29 is 23.7 Å². The monoisotopic (exact) mass is 419 g/mol. The summed E-state index contributed by atoms with van der Waals surface area (Å²) < 4.78 is 22.4. The van der Waals surface area contributed by atoms with Gasteiger partial charge in [-0.1, -0.05) is 13.8 Å². The number of carbonyl (C=O) groups is 1. The highest BCUT2D eigenvalue weighted by molar-refractivity contribution is 5.61. The molecule has 1 aromatic rings. The number of fused-ring (bicyclic) bond motifs is 3. The van der Waals surface area contributed by atoms with Crippen molar-refractivity contribution in [2.75, 3.05) is 27.3 Å². The zero-order valence-electron chi connectivity index (χ0n) is 19.5. The quantitative estimate of drug-likeness (QED) is 0.627. The van der Waals surface area contributed by atoms with Crippen LogP contribution in [-0.2, 0) is 15.9 Å². The molecule has 1 aromatic carbocycles. The van der Waals surface area contributed by atoms with E-state index in [4.69, 9.17) is 18.9 Å². The molecule has 0 N–H and O–H groups in total. The van der Waals surface area contributed by atoms with E-state index < -0.39 is 11.8 Å². The molecule has 0 bridgehead atoms. The van der Waals surface area contributed by atoms with E-state index >= 15 is 0 Å². The van der Waals surface area contributed by atoms with Gasteiger partial charge in [-0.2, -0.15) is 0 Å². The van der Waals surface area contributed by atoms with E-state index in [-0.39, 0.29) is 12.1 Å². The van der Waals surface area contributed by atoms with Crippen molar-refractivity contribution >= 4 is 6.16 Å². The van der Waals surface area contributed by atoms with E-state index in [0.29, 0.717) is 11.8 Å². The molecule has 3 atom stereocenters. The summed E-state index contributed by atoms with van der Waals surface area (Å²) in [7, 11) is 3.33. The van der Waals surface area contributed by atoms with Crippen LogP contribution in [0.4, 0.5) is 4.79 Å². The standard InChI is InChI=1S/C24H37NO5/c1-15(2)10-17-14-25-9-8-16-11-21(27-6)22(28-7)12-18(16)19(25)13-20(17)29-23(26)30-24(3,4)5/h11-12,15,17,19-20H,8-10,13-14H2,1-7H3. The van der Waals surface area contributed by atoms with Crippen molar-refractivity contribution in [3.63, 3.8) is 0 Å². The maximum Gasteiger partial charge on any atom is 0.509 e. The highest BCUT2D eigenvalue weighted by Crippen LogP contribution is 2.44. The van der Waals surface area contributed by atoms with Crippen LogP contribution in [0.25, 0.3) is 0 Å². The summed E-state index contributed by atoms with van der Waals surface area (Å²) in [5, 5.41) is 0. The maximum absolute atomic E-state index is 12.5. The van der Waals surface area contributed by atoms with Gasteiger partial charge in [-0.25, -0.2) is 4.79 Å². The number of methoxy groups -OCH3 is 2. The van der Waals surface area contributed by atoms with Crippen molar-refractivity contribution in [3.8, 4) is 11.5 Å². The lowest BCUT2D eigenvalue weighted by atomic mass is 9.79. The molecule has 30 heavy (non-hydrogen) atoms. The molecule has 1 fully saturated rings. The third kappa shape index (κ3) is 5.20. The Hall–Kier alpha value is -1.95. The number of carbonyl (C=O) groups excluding carboxylic acids is 1. The van der Waals surface area contributed by atoms with Gasteiger partial charge in [-0.3, -0.25) is 4.90 Å². The molecule has 0 saturated carbocycles. The van der Waals surface area contributed by atoms with E-state index in [0.717, 1.165) is 43.9 Å². The lowest BCUT2D eigenvalue weighted by Gasteiger charge is -2.47. The van der Waals surface area contributed by atoms with Gasteiger partial charge in [-0.05, 0) is 62.8 Å². The van der Waals surface area contributed by atoms with Crippen molar-refractivity contribution in [2.24, 2.45) is 11.8 Å². The second kappa shape index (κ2) is 9.04. The van der Waals surface area contributed by atoms with Gasteiger partial charge in [0.15, 0.2) is 11.5 Å². The normalized spacial score (nSPS) is 24.1. The lowest BCUT2D eigenvalue weighted by Crippen LogP contribution is -2.49. The highest BCUT2D eigenvalue weighted by Gasteiger charge is 2.41. The van der Waals surface area contributed by atoms with Crippen LogP contribution in [0, 0.1) is 11.8 Å². The fourth-order valence-corrected chi connectivity index (χ4v) is 4.78. The molecule has 3 rings (SSSR count). The van der Waals surface area contributed by atoms with E-state index in [9.17, 15) is 4.79 Å². The van der Waals surface area contributed by atoms with Gasteiger partial charge < -0.3 is 18.9 Å². The van der Waals surface area contributed by atoms with Crippen molar-refractivity contribution in [3.05, 3.63) is 23.3 Å². The minimum absolute atomic E-state index is 0.164. The van der Waals surface area contributed by atoms with Crippen molar-refractivity contribution in [1.29, 1.82) is 0 Å². The molecule has 168 valence electrons. The first-order valence-electron chi connectivity index (χ1n) is 11.0. The highest BCUT2D eigenvalue weighted by atomic mass is 16.7. The molecule has 0 amide bonds. The van der Waals surface area contributed by atoms with Gasteiger partial charge >= 0.3 is 6.16 Å². The van der Waals surface area contributed by atoms with Crippen LogP contribution in [0.5, 0.6) is 11.5 Å². The minimum atomic E-state index is -0.571. The molecule has 0 radical (unpaired) electrons. The van der Waals surface area contributed by atoms with E-state index in [2.05, 4.69) is 30.9 Å². The summed E-state index contributed by atoms with van der Waals surface area (Å²) >= 11 is 0. The van der Waals surface area contributed by atoms with Crippen LogP contribution in [0.2, 0.25) is 0 Å². The molecular formula is C24H37NO5. The molecular weight excluding hydrogens is 382 g/mol. The number of piperidine rings is 1. The maximum atomic E-state index is 12.5. The molecule has 0 spiro atoms. The predicted octanol–water partition coefficient (Wildman–Crippen LogP) is 4.99. The Bertz CT molecular complexity index is 755. The zero-order chi connectivity index (χ0) is 22.1. The summed E-state index contributed by atoms with van der Waals surface area (Å²) in [6, 6.07) is 4.39. The minimum Gasteiger partial charge on any atom is -0.493 e. The molecule has 0 aromatic heterocycles. The van der Waals surface area contributed by atoms with Crippen LogP contribution in [0.3, 0.4) is 0 Å². The van der Waals surface area contributed by atoms with E-state index in [1.54, 1.807) is 14.2 Å². The van der Waals surface area contributed by atoms with Gasteiger partial charge in [0.25, 0.3) is 0 Å². The Balaban J connectivity index is 1.86. The Morgan fingerprint density at radius 3 is 2.43 bits per heavy atom. The molecule has 0 aliphatic carbocycles. The fraction of sp³-hybridized carbons (Fsp3) is 0.708. The number of hydrogen-bond donors (Lipinski definition) is 0. The Labute approximate surface area is 180 Å². The zero-order valence-corrected chi connectivity index (χ0v) is 19.5. The lowest BCUT2D eigenvalue weighted by molar-refractivity contribution is -0.0739. The van der Waals surface area contributed by atoms with Crippen molar-refractivity contribution in [2.45, 2.75) is 71.6 Å². The number of hydrogen-bond acceptors (Lipinski definition) is 6. The first-order chi connectivity index (χ1) is 14.1. The Kier molecular flexibility index (Phi) is 6.85. The van der Waals surface area contributed by atoms with Gasteiger partial charge in [0, 0.05) is 31.5 Å². The number of rotatable bonds is 5. The van der Waals surface area contributed by atoms with Crippen LogP contribution in [0.15, 0.2) is 12.1 Å². The van der Waals surface area contributed by atoms with Crippen LogP contribution >= 0.6 is 0 Å². The summed E-state index contributed by atoms with van der Waals surface area (Å²) in [4.78, 5) is 15.0. The second-order valence-electron chi connectivity index (χ2n) is 9.91. The Morgan fingerprint density at radius 2 is 1.83 bits per heavy atom. The molecule has 3 unspecified atom stereocenters. The second-order valence-corrected chi connectivity index (χ2v) is 9.91. The molecule has 6 heteroatoms. The SMILES string of the molecule is COc1cc2c(cc1OC)C1CC(OC(=O)OC(C)(C)C)C(CC(C)C)CN1CC2. The van der Waals surface area contributed by atoms with Crippen molar-refractivity contribution in [1.82, 2.24) is 4.90 Å². The van der Waals surface area contributed by atoms with E-state index in [1.165, 1.54) is 11.1 Å². The summed E-state index contributed by atoms with van der Waals surface area (Å²) in [5.41, 5.74) is 1.97. The molecule has 2 aliphatic rings. The Morgan fingerprint density at radius 1 is 1.17 bits per heavy atom. The predicted molar refractivity (Wildman–Crippen MR) is 116 cm³/mol. The summed E-state index contributed by atoms with van der Waals surface area (Å²) in [6.07, 6.45) is 2.04. The molecule has 6 nitrogen and oxygen atoms in total. The number of ether oxygens (including phenoxy) is 4. The van der Waals surface area contributed by atoms with Crippen LogP contribution in [-0.4, -0.2) is 50.1 Å². The molecule has 2 heterocycles. The molecule has 2 aliphatic heterocycles. The van der Waals surface area contributed by atoms with Gasteiger partial charge in [0.05, 0.1) is 14.2 Å². The third-order valence-electron chi connectivity index (χ3n) is 5.98. The van der Waals surface area contributed by atoms with Crippen LogP contribution in [0.1, 0.15) is 64.6 Å². The van der Waals surface area contributed by atoms with Gasteiger partial charge in [0.1, 0.15) is 11.7 Å². The first-order valence-corrected chi connectivity index (χ1v) is 11.0. The van der Waals surface area contributed by atoms with Gasteiger partial charge in [0.2, 0.25) is 0 Å². The van der Waals surface area contributed by atoms with E-state index in [1.807, 2.05) is 20.8 Å².